The van der Waals surface area contributed by atoms with Gasteiger partial charge in [-0.15, -0.1) is 0 Å². The van der Waals surface area contributed by atoms with Gasteiger partial charge < -0.3 is 4.90 Å². The van der Waals surface area contributed by atoms with Crippen LogP contribution in [0.1, 0.15) is 17.2 Å². The van der Waals surface area contributed by atoms with Crippen molar-refractivity contribution in [2.75, 3.05) is 32.7 Å². The van der Waals surface area contributed by atoms with Gasteiger partial charge in [-0.1, -0.05) is 29.8 Å². The molecule has 0 aliphatic carbocycles. The van der Waals surface area contributed by atoms with Crippen LogP contribution in [-0.2, 0) is 21.0 Å². The summed E-state index contributed by atoms with van der Waals surface area (Å²) in [4.78, 5) is 14.3. The summed E-state index contributed by atoms with van der Waals surface area (Å²) < 4.78 is 65.9. The van der Waals surface area contributed by atoms with Crippen LogP contribution in [0.5, 0.6) is 0 Å². The molecule has 2 N–H and O–H groups in total. The molecule has 1 amide bonds. The van der Waals surface area contributed by atoms with E-state index < -0.39 is 32.6 Å². The summed E-state index contributed by atoms with van der Waals surface area (Å²) in [7, 11) is -4.11. The summed E-state index contributed by atoms with van der Waals surface area (Å²) in [6.07, 6.45) is -4.64. The average Bonchev–Trinajstić information content (AvgIpc) is 3.28. The lowest BCUT2D eigenvalue weighted by molar-refractivity contribution is -0.138. The average molecular weight is 503 g/mol. The molecule has 2 aromatic rings. The van der Waals surface area contributed by atoms with Gasteiger partial charge in [-0.25, -0.2) is 13.8 Å². The number of sulfonamides is 1. The van der Waals surface area contributed by atoms with Gasteiger partial charge in [0.1, 0.15) is 0 Å². The quantitative estimate of drug-likeness (QED) is 0.672. The highest BCUT2D eigenvalue weighted by atomic mass is 35.5. The maximum atomic E-state index is 13.2. The second kappa shape index (κ2) is 9.22. The summed E-state index contributed by atoms with van der Waals surface area (Å²) in [5.41, 5.74) is 5.97. The van der Waals surface area contributed by atoms with Gasteiger partial charge >= 0.3 is 6.18 Å². The first-order chi connectivity index (χ1) is 15.6. The molecule has 2 aromatic carbocycles. The molecular weight excluding hydrogens is 481 g/mol. The van der Waals surface area contributed by atoms with Crippen molar-refractivity contribution in [3.05, 3.63) is 64.7 Å². The van der Waals surface area contributed by atoms with Crippen molar-refractivity contribution in [3.63, 3.8) is 0 Å². The molecule has 0 bridgehead atoms. The maximum Gasteiger partial charge on any atom is 0.416 e. The van der Waals surface area contributed by atoms with Crippen LogP contribution in [-0.4, -0.2) is 56.3 Å². The number of halogens is 4. The Morgan fingerprint density at radius 3 is 2.33 bits per heavy atom. The van der Waals surface area contributed by atoms with Crippen LogP contribution < -0.4 is 10.9 Å². The number of piperazine rings is 1. The monoisotopic (exact) mass is 502 g/mol. The van der Waals surface area contributed by atoms with Gasteiger partial charge in [0, 0.05) is 37.7 Å². The number of hydrogen-bond acceptors (Lipinski definition) is 5. The Morgan fingerprint density at radius 1 is 1.03 bits per heavy atom. The zero-order valence-corrected chi connectivity index (χ0v) is 18.9. The Bertz CT molecular complexity index is 1120. The number of amides is 1. The van der Waals surface area contributed by atoms with Crippen molar-refractivity contribution in [3.8, 4) is 0 Å². The number of hydrogen-bond donors (Lipinski definition) is 2. The lowest BCUT2D eigenvalue weighted by atomic mass is 9.93. The van der Waals surface area contributed by atoms with Crippen LogP contribution in [0.3, 0.4) is 0 Å². The highest BCUT2D eigenvalue weighted by Crippen LogP contribution is 2.32. The highest BCUT2D eigenvalue weighted by molar-refractivity contribution is 7.89. The highest BCUT2D eigenvalue weighted by Gasteiger charge is 2.39. The fraction of sp³-hybridized carbons (Fsp3) is 0.381. The normalized spacial score (nSPS) is 22.5. The number of alkyl halides is 3. The molecule has 4 rings (SSSR count). The third-order valence-corrected chi connectivity index (χ3v) is 8.02. The van der Waals surface area contributed by atoms with Gasteiger partial charge in [0.15, 0.2) is 0 Å². The Kier molecular flexibility index (Phi) is 6.70. The zero-order chi connectivity index (χ0) is 23.8. The van der Waals surface area contributed by atoms with E-state index in [2.05, 4.69) is 10.9 Å². The van der Waals surface area contributed by atoms with Crippen molar-refractivity contribution in [2.45, 2.75) is 17.1 Å². The first-order valence-corrected chi connectivity index (χ1v) is 12.1. The van der Waals surface area contributed by atoms with E-state index in [9.17, 15) is 26.4 Å². The van der Waals surface area contributed by atoms with E-state index in [4.69, 9.17) is 11.6 Å². The molecule has 178 valence electrons. The Balaban J connectivity index is 1.43. The van der Waals surface area contributed by atoms with Crippen LogP contribution in [0, 0.1) is 5.92 Å². The molecule has 2 aliphatic rings. The second-order valence-electron chi connectivity index (χ2n) is 7.92. The maximum absolute atomic E-state index is 13.2. The Hall–Kier alpha value is -2.18. The van der Waals surface area contributed by atoms with Crippen molar-refractivity contribution in [1.29, 1.82) is 0 Å². The summed E-state index contributed by atoms with van der Waals surface area (Å²) in [6.45, 7) is 0.726. The Labute approximate surface area is 194 Å². The van der Waals surface area contributed by atoms with Crippen LogP contribution >= 0.6 is 11.6 Å². The van der Waals surface area contributed by atoms with Crippen LogP contribution in [0.2, 0.25) is 5.02 Å². The minimum Gasteiger partial charge on any atom is -0.340 e. The molecule has 2 saturated heterocycles. The number of rotatable bonds is 4. The lowest BCUT2D eigenvalue weighted by Gasteiger charge is -2.36. The van der Waals surface area contributed by atoms with Gasteiger partial charge in [-0.2, -0.15) is 17.5 Å². The molecule has 2 aliphatic heterocycles. The molecule has 0 spiro atoms. The van der Waals surface area contributed by atoms with Gasteiger partial charge in [0.05, 0.1) is 22.4 Å². The van der Waals surface area contributed by atoms with Crippen molar-refractivity contribution >= 4 is 27.5 Å². The van der Waals surface area contributed by atoms with Crippen LogP contribution in [0.15, 0.2) is 53.4 Å². The molecule has 0 radical (unpaired) electrons. The molecule has 0 saturated carbocycles. The van der Waals surface area contributed by atoms with E-state index in [1.807, 2.05) is 12.1 Å². The van der Waals surface area contributed by atoms with Gasteiger partial charge in [0.2, 0.25) is 15.9 Å². The predicted molar refractivity (Wildman–Crippen MR) is 116 cm³/mol. The molecule has 7 nitrogen and oxygen atoms in total. The third-order valence-electron chi connectivity index (χ3n) is 5.88. The first kappa shape index (κ1) is 24.0. The first-order valence-electron chi connectivity index (χ1n) is 10.3. The smallest absolute Gasteiger partial charge is 0.340 e. The lowest BCUT2D eigenvalue weighted by Crippen LogP contribution is -2.52. The van der Waals surface area contributed by atoms with E-state index in [-0.39, 0.29) is 38.1 Å². The van der Waals surface area contributed by atoms with Gasteiger partial charge in [-0.05, 0) is 35.9 Å². The van der Waals surface area contributed by atoms with E-state index in [0.717, 1.165) is 28.1 Å². The number of nitrogens with one attached hydrogen (secondary N) is 2. The number of carbonyl (C=O) groups is 1. The SMILES string of the molecule is O=C(C1CNNC1c1ccc(Cl)cc1)N1CCN(S(=O)(=O)c2cccc(C(F)(F)F)c2)CC1. The Morgan fingerprint density at radius 2 is 1.70 bits per heavy atom. The molecular formula is C21H22ClF3N4O3S. The van der Waals surface area contributed by atoms with Gasteiger partial charge in [-0.3, -0.25) is 10.2 Å². The topological polar surface area (TPSA) is 81.8 Å². The summed E-state index contributed by atoms with van der Waals surface area (Å²) in [5.74, 6) is -0.513. The molecule has 2 unspecified atom stereocenters. The standard InChI is InChI=1S/C21H22ClF3N4O3S/c22-16-6-4-14(5-7-16)19-18(13-26-27-19)20(30)28-8-10-29(11-9-28)33(31,32)17-3-1-2-15(12-17)21(23,24)25/h1-7,12,18-19,26-27H,8-11,13H2. The molecule has 2 fully saturated rings. The predicted octanol–water partition coefficient (Wildman–Crippen LogP) is 2.66. The van der Waals surface area contributed by atoms with E-state index in [0.29, 0.717) is 17.6 Å². The molecule has 2 heterocycles. The number of benzene rings is 2. The van der Waals surface area contributed by atoms with E-state index in [1.54, 1.807) is 17.0 Å². The molecule has 12 heteroatoms. The van der Waals surface area contributed by atoms with Crippen molar-refractivity contribution in [1.82, 2.24) is 20.1 Å². The van der Waals surface area contributed by atoms with Crippen LogP contribution in [0.4, 0.5) is 13.2 Å². The summed E-state index contributed by atoms with van der Waals surface area (Å²) >= 11 is 5.94. The van der Waals surface area contributed by atoms with E-state index >= 15 is 0 Å². The molecule has 0 aromatic heterocycles. The largest absolute Gasteiger partial charge is 0.416 e. The fourth-order valence-electron chi connectivity index (χ4n) is 4.08. The van der Waals surface area contributed by atoms with Crippen molar-refractivity contribution < 1.29 is 26.4 Å². The second-order valence-corrected chi connectivity index (χ2v) is 10.3. The minimum atomic E-state index is -4.64. The molecule has 33 heavy (non-hydrogen) atoms. The molecule has 2 atom stereocenters. The number of nitrogens with zero attached hydrogens (tertiary/aromatic N) is 2. The summed E-state index contributed by atoms with van der Waals surface area (Å²) in [5, 5.41) is 0.589. The minimum absolute atomic E-state index is 0.00348. The number of carbonyl (C=O) groups excluding carboxylic acids is 1. The fourth-order valence-corrected chi connectivity index (χ4v) is 5.67. The zero-order valence-electron chi connectivity index (χ0n) is 17.3. The number of hydrazine groups is 1. The third kappa shape index (κ3) is 5.02. The van der Waals surface area contributed by atoms with Gasteiger partial charge in [0.25, 0.3) is 0 Å². The van der Waals surface area contributed by atoms with Crippen molar-refractivity contribution in [2.24, 2.45) is 5.92 Å². The summed E-state index contributed by atoms with van der Waals surface area (Å²) in [6, 6.07) is 10.6. The van der Waals surface area contributed by atoms with E-state index in [1.165, 1.54) is 0 Å². The van der Waals surface area contributed by atoms with Crippen LogP contribution in [0.25, 0.3) is 0 Å².